The van der Waals surface area contributed by atoms with Gasteiger partial charge in [0.05, 0.1) is 26.0 Å². The highest BCUT2D eigenvalue weighted by atomic mass is 35.5. The quantitative estimate of drug-likeness (QED) is 0.648. The molecule has 0 bridgehead atoms. The van der Waals surface area contributed by atoms with Crippen LogP contribution in [0.15, 0.2) is 41.3 Å². The maximum Gasteiger partial charge on any atom is 0.269 e. The van der Waals surface area contributed by atoms with Gasteiger partial charge in [0.2, 0.25) is 0 Å². The third-order valence-electron chi connectivity index (χ3n) is 3.75. The van der Waals surface area contributed by atoms with Crippen LogP contribution in [-0.4, -0.2) is 17.4 Å². The third-order valence-corrected chi connectivity index (χ3v) is 6.23. The Hall–Kier alpha value is -1.56. The smallest absolute Gasteiger partial charge is 0.232 e. The van der Waals surface area contributed by atoms with Crippen LogP contribution in [0.4, 0.5) is 0 Å². The van der Waals surface area contributed by atoms with Gasteiger partial charge >= 0.3 is 0 Å². The van der Waals surface area contributed by atoms with Gasteiger partial charge in [-0.05, 0) is 37.6 Å². The van der Waals surface area contributed by atoms with Crippen molar-refractivity contribution < 1.29 is 8.42 Å². The van der Waals surface area contributed by atoms with E-state index < -0.39 is 10.0 Å². The molecule has 0 atom stereocenters. The molecule has 4 nitrogen and oxygen atoms in total. The van der Waals surface area contributed by atoms with Gasteiger partial charge in [-0.2, -0.15) is 0 Å². The van der Waals surface area contributed by atoms with Gasteiger partial charge in [0.25, 0.3) is 10.0 Å². The Balaban J connectivity index is 2.32. The van der Waals surface area contributed by atoms with Gasteiger partial charge in [0.15, 0.2) is 0 Å². The largest absolute Gasteiger partial charge is 0.269 e. The summed E-state index contributed by atoms with van der Waals surface area (Å²) < 4.78 is 27.6. The van der Waals surface area contributed by atoms with Crippen molar-refractivity contribution >= 4 is 44.3 Å². The highest BCUT2D eigenvalue weighted by Gasteiger charge is 2.24. The van der Waals surface area contributed by atoms with E-state index in [0.717, 1.165) is 12.0 Å². The van der Waals surface area contributed by atoms with E-state index in [1.165, 1.54) is 3.97 Å². The van der Waals surface area contributed by atoms with Gasteiger partial charge in [-0.3, -0.25) is 0 Å². The van der Waals surface area contributed by atoms with E-state index in [1.807, 2.05) is 13.8 Å². The summed E-state index contributed by atoms with van der Waals surface area (Å²) in [4.78, 5) is 4.67. The van der Waals surface area contributed by atoms with Crippen molar-refractivity contribution in [2.45, 2.75) is 31.6 Å². The Morgan fingerprint density at radius 1 is 1.08 bits per heavy atom. The molecule has 0 saturated heterocycles. The molecule has 0 spiro atoms. The first-order chi connectivity index (χ1) is 11.3. The van der Waals surface area contributed by atoms with Crippen molar-refractivity contribution in [3.05, 3.63) is 57.8 Å². The molecule has 0 amide bonds. The normalized spacial score (nSPS) is 12.0. The number of fused-ring (bicyclic) bond motifs is 1. The summed E-state index contributed by atoms with van der Waals surface area (Å²) in [5, 5.41) is 0.650. The highest BCUT2D eigenvalue weighted by molar-refractivity contribution is 7.90. The molecule has 0 saturated carbocycles. The number of benzene rings is 2. The molecule has 126 valence electrons. The Labute approximate surface area is 151 Å². The fraction of sp³-hybridized carbons (Fsp3) is 0.235. The van der Waals surface area contributed by atoms with Gasteiger partial charge in [-0.1, -0.05) is 47.8 Å². The van der Waals surface area contributed by atoms with Crippen LogP contribution in [-0.2, 0) is 16.4 Å². The molecule has 0 aliphatic heterocycles. The van der Waals surface area contributed by atoms with E-state index in [0.29, 0.717) is 33.3 Å². The van der Waals surface area contributed by atoms with E-state index in [4.69, 9.17) is 23.2 Å². The van der Waals surface area contributed by atoms with E-state index >= 15 is 0 Å². The number of hydrogen-bond donors (Lipinski definition) is 0. The molecule has 2 aromatic carbocycles. The minimum atomic E-state index is -3.77. The molecule has 7 heteroatoms. The number of aryl methyl sites for hydroxylation is 2. The minimum Gasteiger partial charge on any atom is -0.232 e. The van der Waals surface area contributed by atoms with Gasteiger partial charge in [-0.15, -0.1) is 0 Å². The molecule has 0 aliphatic rings. The van der Waals surface area contributed by atoms with Crippen LogP contribution >= 0.6 is 23.2 Å². The lowest BCUT2D eigenvalue weighted by atomic mass is 10.2. The Bertz CT molecular complexity index is 1010. The second kappa shape index (κ2) is 6.39. The van der Waals surface area contributed by atoms with Gasteiger partial charge in [0.1, 0.15) is 5.82 Å². The zero-order valence-corrected chi connectivity index (χ0v) is 15.6. The van der Waals surface area contributed by atoms with Crippen molar-refractivity contribution in [1.82, 2.24) is 8.96 Å². The molecule has 3 aromatic rings. The van der Waals surface area contributed by atoms with Crippen LogP contribution in [0, 0.1) is 6.92 Å². The Morgan fingerprint density at radius 3 is 2.33 bits per heavy atom. The van der Waals surface area contributed by atoms with Crippen LogP contribution in [0.5, 0.6) is 0 Å². The Morgan fingerprint density at radius 2 is 1.71 bits per heavy atom. The average Bonchev–Trinajstić information content (AvgIpc) is 2.86. The summed E-state index contributed by atoms with van der Waals surface area (Å²) in [7, 11) is -3.77. The summed E-state index contributed by atoms with van der Waals surface area (Å²) in [6.45, 7) is 3.88. The molecule has 1 heterocycles. The zero-order chi connectivity index (χ0) is 17.5. The maximum absolute atomic E-state index is 13.2. The lowest BCUT2D eigenvalue weighted by Gasteiger charge is -2.11. The molecule has 1 aromatic heterocycles. The predicted molar refractivity (Wildman–Crippen MR) is 97.5 cm³/mol. The van der Waals surface area contributed by atoms with Crippen LogP contribution in [0.3, 0.4) is 0 Å². The zero-order valence-electron chi connectivity index (χ0n) is 13.3. The minimum absolute atomic E-state index is 0.218. The van der Waals surface area contributed by atoms with Gasteiger partial charge in [0, 0.05) is 6.42 Å². The summed E-state index contributed by atoms with van der Waals surface area (Å²) in [6.07, 6.45) is 1.31. The van der Waals surface area contributed by atoms with Crippen LogP contribution in [0.2, 0.25) is 10.0 Å². The summed E-state index contributed by atoms with van der Waals surface area (Å²) in [6, 6.07) is 9.90. The molecule has 3 rings (SSSR count). The van der Waals surface area contributed by atoms with Crippen molar-refractivity contribution in [2.24, 2.45) is 0 Å². The first-order valence-electron chi connectivity index (χ1n) is 7.53. The summed E-state index contributed by atoms with van der Waals surface area (Å²) in [5.74, 6) is 0.478. The van der Waals surface area contributed by atoms with Gasteiger partial charge in [-0.25, -0.2) is 17.4 Å². The lowest BCUT2D eigenvalue weighted by Crippen LogP contribution is -2.16. The van der Waals surface area contributed by atoms with E-state index in [-0.39, 0.29) is 4.90 Å². The maximum atomic E-state index is 13.2. The van der Waals surface area contributed by atoms with Crippen molar-refractivity contribution in [3.63, 3.8) is 0 Å². The number of hydrogen-bond acceptors (Lipinski definition) is 3. The topological polar surface area (TPSA) is 52.0 Å². The molecular weight excluding hydrogens is 367 g/mol. The van der Waals surface area contributed by atoms with E-state index in [1.54, 1.807) is 36.4 Å². The number of halogens is 2. The van der Waals surface area contributed by atoms with Crippen LogP contribution < -0.4 is 0 Å². The average molecular weight is 383 g/mol. The van der Waals surface area contributed by atoms with Crippen molar-refractivity contribution in [3.8, 4) is 0 Å². The fourth-order valence-electron chi connectivity index (χ4n) is 2.57. The van der Waals surface area contributed by atoms with E-state index in [9.17, 15) is 8.42 Å². The number of nitrogens with zero attached hydrogens (tertiary/aromatic N) is 2. The number of aromatic nitrogens is 2. The van der Waals surface area contributed by atoms with Crippen LogP contribution in [0.1, 0.15) is 24.7 Å². The summed E-state index contributed by atoms with van der Waals surface area (Å²) in [5.41, 5.74) is 1.95. The van der Waals surface area contributed by atoms with Gasteiger partial charge < -0.3 is 0 Å². The lowest BCUT2D eigenvalue weighted by molar-refractivity contribution is 0.585. The molecule has 0 radical (unpaired) electrons. The van der Waals surface area contributed by atoms with Crippen LogP contribution in [0.25, 0.3) is 11.0 Å². The molecule has 0 unspecified atom stereocenters. The predicted octanol–water partition coefficient (Wildman–Crippen LogP) is 4.84. The second-order valence-electron chi connectivity index (χ2n) is 5.62. The first kappa shape index (κ1) is 17.3. The second-order valence-corrected chi connectivity index (χ2v) is 8.22. The molecule has 0 aliphatic carbocycles. The highest BCUT2D eigenvalue weighted by Crippen LogP contribution is 2.31. The molecular formula is C17H16Cl2N2O2S. The fourth-order valence-corrected chi connectivity index (χ4v) is 4.39. The van der Waals surface area contributed by atoms with Crippen molar-refractivity contribution in [2.75, 3.05) is 0 Å². The third kappa shape index (κ3) is 2.92. The molecule has 0 fully saturated rings. The van der Waals surface area contributed by atoms with Crippen molar-refractivity contribution in [1.29, 1.82) is 0 Å². The standard InChI is InChI=1S/C17H16Cl2N2O2S/c1-3-4-17-20-15-9-13(18)14(19)10-16(15)21(17)24(22,23)12-7-5-11(2)6-8-12/h5-10H,3-4H2,1-2H3. The summed E-state index contributed by atoms with van der Waals surface area (Å²) >= 11 is 12.1. The monoisotopic (exact) mass is 382 g/mol. The Kier molecular flexibility index (Phi) is 4.60. The molecule has 0 N–H and O–H groups in total. The number of rotatable bonds is 4. The number of imidazole rings is 1. The first-order valence-corrected chi connectivity index (χ1v) is 9.73. The van der Waals surface area contributed by atoms with E-state index in [2.05, 4.69) is 4.98 Å². The SMILES string of the molecule is CCCc1nc2cc(Cl)c(Cl)cc2n1S(=O)(=O)c1ccc(C)cc1. The molecule has 24 heavy (non-hydrogen) atoms.